The number of carbonyl (C=O) groups excluding carboxylic acids is 1. The quantitative estimate of drug-likeness (QED) is 0.456. The third-order valence-corrected chi connectivity index (χ3v) is 7.10. The molecule has 3 heterocycles. The number of piperazine rings is 1. The van der Waals surface area contributed by atoms with Gasteiger partial charge in [-0.25, -0.2) is 4.98 Å². The standard InChI is InChI=1S/C25H24N4O3S/c1-32-20-9-7-18(8-10-20)22-15-21-24(33-22)25(31)29(17-26-21)16-23(30)28-13-11-27(12-14-28)19-5-3-2-4-6-19/h2-10,15,17H,11-14,16H2,1H3. The number of methoxy groups -OCH3 is 1. The Balaban J connectivity index is 1.29. The van der Waals surface area contributed by atoms with Crippen molar-refractivity contribution in [3.63, 3.8) is 0 Å². The van der Waals surface area contributed by atoms with Gasteiger partial charge in [-0.05, 0) is 48.0 Å². The molecule has 0 radical (unpaired) electrons. The fourth-order valence-electron chi connectivity index (χ4n) is 4.05. The van der Waals surface area contributed by atoms with Crippen LogP contribution in [0.15, 0.2) is 71.8 Å². The number of hydrogen-bond acceptors (Lipinski definition) is 6. The average Bonchev–Trinajstić information content (AvgIpc) is 3.32. The predicted octanol–water partition coefficient (Wildman–Crippen LogP) is 3.48. The molecule has 1 aliphatic heterocycles. The Morgan fingerprint density at radius 1 is 1.03 bits per heavy atom. The van der Waals surface area contributed by atoms with Crippen molar-refractivity contribution in [3.8, 4) is 16.2 Å². The fraction of sp³-hybridized carbons (Fsp3) is 0.240. The number of benzene rings is 2. The van der Waals surface area contributed by atoms with Crippen molar-refractivity contribution in [1.29, 1.82) is 0 Å². The first-order chi connectivity index (χ1) is 16.1. The minimum atomic E-state index is -0.180. The van der Waals surface area contributed by atoms with Crippen LogP contribution in [0.25, 0.3) is 20.7 Å². The van der Waals surface area contributed by atoms with Gasteiger partial charge in [0.05, 0.1) is 19.0 Å². The molecular weight excluding hydrogens is 436 g/mol. The number of fused-ring (bicyclic) bond motifs is 1. The number of carbonyl (C=O) groups is 1. The van der Waals surface area contributed by atoms with E-state index in [4.69, 9.17) is 4.74 Å². The Morgan fingerprint density at radius 3 is 2.45 bits per heavy atom. The molecule has 2 aromatic carbocycles. The first-order valence-corrected chi connectivity index (χ1v) is 11.7. The van der Waals surface area contributed by atoms with Crippen LogP contribution in [0.5, 0.6) is 5.75 Å². The highest BCUT2D eigenvalue weighted by molar-refractivity contribution is 7.22. The third-order valence-electron chi connectivity index (χ3n) is 5.94. The topological polar surface area (TPSA) is 67.7 Å². The Bertz CT molecular complexity index is 1320. The zero-order chi connectivity index (χ0) is 22.8. The van der Waals surface area contributed by atoms with Crippen molar-refractivity contribution in [2.75, 3.05) is 38.2 Å². The van der Waals surface area contributed by atoms with E-state index in [0.717, 1.165) is 29.3 Å². The summed E-state index contributed by atoms with van der Waals surface area (Å²) < 4.78 is 7.19. The Kier molecular flexibility index (Phi) is 5.83. The monoisotopic (exact) mass is 460 g/mol. The van der Waals surface area contributed by atoms with E-state index in [-0.39, 0.29) is 18.0 Å². The van der Waals surface area contributed by atoms with Gasteiger partial charge in [-0.1, -0.05) is 18.2 Å². The number of nitrogens with zero attached hydrogens (tertiary/aromatic N) is 4. The summed E-state index contributed by atoms with van der Waals surface area (Å²) >= 11 is 1.40. The number of anilines is 1. The lowest BCUT2D eigenvalue weighted by atomic mass is 10.2. The van der Waals surface area contributed by atoms with Crippen LogP contribution >= 0.6 is 11.3 Å². The van der Waals surface area contributed by atoms with Gasteiger partial charge < -0.3 is 14.5 Å². The molecule has 0 unspecified atom stereocenters. The Labute approximate surface area is 195 Å². The molecule has 33 heavy (non-hydrogen) atoms. The lowest BCUT2D eigenvalue weighted by molar-refractivity contribution is -0.132. The third kappa shape index (κ3) is 4.34. The van der Waals surface area contributed by atoms with Crippen molar-refractivity contribution in [3.05, 3.63) is 77.3 Å². The molecule has 8 heteroatoms. The summed E-state index contributed by atoms with van der Waals surface area (Å²) in [7, 11) is 1.63. The lowest BCUT2D eigenvalue weighted by Gasteiger charge is -2.36. The largest absolute Gasteiger partial charge is 0.497 e. The Hall–Kier alpha value is -3.65. The van der Waals surface area contributed by atoms with E-state index in [9.17, 15) is 9.59 Å². The van der Waals surface area contributed by atoms with E-state index < -0.39 is 0 Å². The van der Waals surface area contributed by atoms with Gasteiger partial charge in [0.25, 0.3) is 5.56 Å². The van der Waals surface area contributed by atoms with E-state index in [0.29, 0.717) is 23.3 Å². The van der Waals surface area contributed by atoms with E-state index in [2.05, 4.69) is 22.0 Å². The number of para-hydroxylation sites is 1. The highest BCUT2D eigenvalue weighted by atomic mass is 32.1. The van der Waals surface area contributed by atoms with Crippen LogP contribution < -0.4 is 15.2 Å². The van der Waals surface area contributed by atoms with Gasteiger partial charge in [-0.2, -0.15) is 0 Å². The number of ether oxygens (including phenoxy) is 1. The van der Waals surface area contributed by atoms with Crippen molar-refractivity contribution in [2.24, 2.45) is 0 Å². The number of hydrogen-bond donors (Lipinski definition) is 0. The minimum absolute atomic E-state index is 0.00286. The molecule has 0 spiro atoms. The van der Waals surface area contributed by atoms with Crippen molar-refractivity contribution in [1.82, 2.24) is 14.5 Å². The van der Waals surface area contributed by atoms with Crippen molar-refractivity contribution >= 4 is 33.1 Å². The van der Waals surface area contributed by atoms with Gasteiger partial charge in [0, 0.05) is 36.7 Å². The molecule has 5 rings (SSSR count). The molecular formula is C25H24N4O3S. The van der Waals surface area contributed by atoms with Gasteiger partial charge >= 0.3 is 0 Å². The molecule has 0 bridgehead atoms. The van der Waals surface area contributed by atoms with Crippen LogP contribution in [0, 0.1) is 0 Å². The average molecular weight is 461 g/mol. The smallest absolute Gasteiger partial charge is 0.271 e. The zero-order valence-electron chi connectivity index (χ0n) is 18.3. The first-order valence-electron chi connectivity index (χ1n) is 10.8. The highest BCUT2D eigenvalue weighted by Gasteiger charge is 2.22. The van der Waals surface area contributed by atoms with E-state index in [1.54, 1.807) is 7.11 Å². The molecule has 168 valence electrons. The molecule has 4 aromatic rings. The zero-order valence-corrected chi connectivity index (χ0v) is 19.1. The first kappa shape index (κ1) is 21.2. The molecule has 1 amide bonds. The van der Waals surface area contributed by atoms with Crippen LogP contribution in [0.1, 0.15) is 0 Å². The van der Waals surface area contributed by atoms with Gasteiger partial charge in [-0.3, -0.25) is 14.2 Å². The van der Waals surface area contributed by atoms with Crippen molar-refractivity contribution in [2.45, 2.75) is 6.54 Å². The van der Waals surface area contributed by atoms with Gasteiger partial charge in [-0.15, -0.1) is 11.3 Å². The summed E-state index contributed by atoms with van der Waals surface area (Å²) in [5, 5.41) is 0. The summed E-state index contributed by atoms with van der Waals surface area (Å²) in [5.74, 6) is 0.723. The maximum absolute atomic E-state index is 13.1. The van der Waals surface area contributed by atoms with Crippen LogP contribution in [-0.2, 0) is 11.3 Å². The molecule has 2 aromatic heterocycles. The van der Waals surface area contributed by atoms with Gasteiger partial charge in [0.15, 0.2) is 0 Å². The highest BCUT2D eigenvalue weighted by Crippen LogP contribution is 2.31. The van der Waals surface area contributed by atoms with E-state index >= 15 is 0 Å². The fourth-order valence-corrected chi connectivity index (χ4v) is 5.12. The SMILES string of the molecule is COc1ccc(-c2cc3ncn(CC(=O)N4CCN(c5ccccc5)CC4)c(=O)c3s2)cc1. The second-order valence-electron chi connectivity index (χ2n) is 7.93. The molecule has 0 atom stereocenters. The van der Waals surface area contributed by atoms with Crippen LogP contribution in [0.3, 0.4) is 0 Å². The van der Waals surface area contributed by atoms with E-state index in [1.165, 1.54) is 27.9 Å². The van der Waals surface area contributed by atoms with Crippen LogP contribution in [0.4, 0.5) is 5.69 Å². The van der Waals surface area contributed by atoms with Gasteiger partial charge in [0.1, 0.15) is 17.0 Å². The normalized spacial score (nSPS) is 14.0. The summed E-state index contributed by atoms with van der Waals surface area (Å²) in [6, 6.07) is 19.8. The van der Waals surface area contributed by atoms with Gasteiger partial charge in [0.2, 0.25) is 5.91 Å². The summed E-state index contributed by atoms with van der Waals surface area (Å²) in [4.78, 5) is 35.5. The summed E-state index contributed by atoms with van der Waals surface area (Å²) in [5.41, 5.74) is 2.63. The number of aromatic nitrogens is 2. The Morgan fingerprint density at radius 2 is 1.76 bits per heavy atom. The maximum Gasteiger partial charge on any atom is 0.271 e. The second kappa shape index (κ2) is 9.07. The summed E-state index contributed by atoms with van der Waals surface area (Å²) in [6.07, 6.45) is 1.48. The molecule has 0 saturated carbocycles. The lowest BCUT2D eigenvalue weighted by Crippen LogP contribution is -2.50. The molecule has 1 saturated heterocycles. The molecule has 0 aliphatic carbocycles. The molecule has 1 fully saturated rings. The predicted molar refractivity (Wildman–Crippen MR) is 131 cm³/mol. The molecule has 7 nitrogen and oxygen atoms in total. The molecule has 0 N–H and O–H groups in total. The maximum atomic E-state index is 13.1. The number of rotatable bonds is 5. The number of amides is 1. The molecule has 1 aliphatic rings. The van der Waals surface area contributed by atoms with Crippen LogP contribution in [0.2, 0.25) is 0 Å². The van der Waals surface area contributed by atoms with Crippen LogP contribution in [-0.4, -0.2) is 53.6 Å². The van der Waals surface area contributed by atoms with E-state index in [1.807, 2.05) is 53.4 Å². The second-order valence-corrected chi connectivity index (χ2v) is 8.99. The summed E-state index contributed by atoms with van der Waals surface area (Å²) in [6.45, 7) is 2.83. The van der Waals surface area contributed by atoms with Crippen molar-refractivity contribution < 1.29 is 9.53 Å². The number of thiophene rings is 1. The minimum Gasteiger partial charge on any atom is -0.497 e.